The lowest BCUT2D eigenvalue weighted by Gasteiger charge is -2.44. The number of benzene rings is 1. The number of likely N-dealkylation sites (tertiary alicyclic amines) is 1. The van der Waals surface area contributed by atoms with Crippen molar-refractivity contribution in [3.8, 4) is 0 Å². The van der Waals surface area contributed by atoms with Gasteiger partial charge in [-0.25, -0.2) is 4.79 Å². The summed E-state index contributed by atoms with van der Waals surface area (Å²) < 4.78 is 5.86. The number of aliphatic carboxylic acids is 1. The Bertz CT molecular complexity index is 1250. The quantitative estimate of drug-likeness (QED) is 0.127. The number of carboxylic acid groups (broad SMARTS) is 1. The standard InChI is InChI=1S/C36H51NO9/c1-5-27(22-26-14-8-6-9-15-26)30(39)18-11-7-10-17-29(38)24(3)32(40)25(4)31-20-19-23(2)36(45,46-31)33(41)34(42)37-21-13-12-16-28(37)35(43)44/h6,8-11,14-15,17-18,23-25,27-28,30-32,39-40,45H,5,7,12-13,16,19-22H2,1-4H3,(H,43,44)/b17-10+,18-11+/t23-,24-,25+,27-,28+,30+,31+,32+,36-/m1/s1. The number of aliphatic hydroxyl groups is 3. The lowest BCUT2D eigenvalue weighted by atomic mass is 9.80. The zero-order valence-electron chi connectivity index (χ0n) is 27.5. The molecule has 3 rings (SSSR count). The van der Waals surface area contributed by atoms with Gasteiger partial charge < -0.3 is 30.1 Å². The average Bonchev–Trinajstić information content (AvgIpc) is 3.06. The molecule has 0 radical (unpaired) electrons. The summed E-state index contributed by atoms with van der Waals surface area (Å²) in [6, 6.07) is 8.86. The fourth-order valence-corrected chi connectivity index (χ4v) is 6.43. The first-order chi connectivity index (χ1) is 21.8. The molecule has 10 nitrogen and oxygen atoms in total. The van der Waals surface area contributed by atoms with Gasteiger partial charge in [-0.05, 0) is 62.5 Å². The highest BCUT2D eigenvalue weighted by Gasteiger charge is 2.53. The maximum absolute atomic E-state index is 13.3. The molecule has 0 spiro atoms. The summed E-state index contributed by atoms with van der Waals surface area (Å²) in [4.78, 5) is 52.0. The molecule has 10 heteroatoms. The molecule has 2 saturated heterocycles. The Morgan fingerprint density at radius 3 is 2.39 bits per heavy atom. The van der Waals surface area contributed by atoms with Crippen molar-refractivity contribution in [2.45, 2.75) is 109 Å². The van der Waals surface area contributed by atoms with E-state index in [1.807, 2.05) is 43.3 Å². The van der Waals surface area contributed by atoms with E-state index in [0.29, 0.717) is 32.1 Å². The summed E-state index contributed by atoms with van der Waals surface area (Å²) in [6.07, 6.45) is 8.13. The van der Waals surface area contributed by atoms with Crippen molar-refractivity contribution in [1.29, 1.82) is 0 Å². The van der Waals surface area contributed by atoms with Crippen LogP contribution >= 0.6 is 0 Å². The Kier molecular flexibility index (Phi) is 13.9. The zero-order valence-corrected chi connectivity index (χ0v) is 27.5. The largest absolute Gasteiger partial charge is 0.480 e. The summed E-state index contributed by atoms with van der Waals surface area (Å²) in [5.41, 5.74) is 1.17. The van der Waals surface area contributed by atoms with Crippen molar-refractivity contribution >= 4 is 23.4 Å². The van der Waals surface area contributed by atoms with E-state index in [2.05, 4.69) is 0 Å². The van der Waals surface area contributed by atoms with Gasteiger partial charge in [0.05, 0.1) is 18.3 Å². The highest BCUT2D eigenvalue weighted by atomic mass is 16.6. The Hall–Kier alpha value is -3.18. The number of aliphatic hydroxyl groups excluding tert-OH is 2. The molecular weight excluding hydrogens is 590 g/mol. The van der Waals surface area contributed by atoms with E-state index >= 15 is 0 Å². The number of hydrogen-bond acceptors (Lipinski definition) is 8. The first-order valence-electron chi connectivity index (χ1n) is 16.6. The minimum absolute atomic E-state index is 0.0726. The summed E-state index contributed by atoms with van der Waals surface area (Å²) in [5.74, 6) is -8.43. The number of piperidine rings is 1. The number of ketones is 2. The molecule has 0 bridgehead atoms. The van der Waals surface area contributed by atoms with E-state index in [-0.39, 0.29) is 24.7 Å². The van der Waals surface area contributed by atoms with E-state index in [9.17, 15) is 39.6 Å². The molecule has 1 aromatic rings. The lowest BCUT2D eigenvalue weighted by Crippen LogP contribution is -2.61. The summed E-state index contributed by atoms with van der Waals surface area (Å²) in [6.45, 7) is 6.99. The number of carbonyl (C=O) groups is 4. The normalized spacial score (nSPS) is 27.2. The molecular formula is C36H51NO9. The number of ether oxygens (including phenoxy) is 1. The van der Waals surface area contributed by atoms with Gasteiger partial charge in [-0.15, -0.1) is 0 Å². The topological polar surface area (TPSA) is 162 Å². The van der Waals surface area contributed by atoms with E-state index in [4.69, 9.17) is 4.74 Å². The van der Waals surface area contributed by atoms with E-state index in [1.165, 1.54) is 11.6 Å². The van der Waals surface area contributed by atoms with Crippen LogP contribution < -0.4 is 0 Å². The molecule has 4 N–H and O–H groups in total. The number of amides is 1. The lowest BCUT2D eigenvalue weighted by molar-refractivity contribution is -0.274. The summed E-state index contributed by atoms with van der Waals surface area (Å²) in [5, 5.41) is 42.6. The van der Waals surface area contributed by atoms with Gasteiger partial charge in [-0.3, -0.25) is 14.4 Å². The van der Waals surface area contributed by atoms with Gasteiger partial charge in [0.1, 0.15) is 6.04 Å². The first-order valence-corrected chi connectivity index (χ1v) is 16.6. The number of carbonyl (C=O) groups excluding carboxylic acids is 3. The fourth-order valence-electron chi connectivity index (χ4n) is 6.43. The van der Waals surface area contributed by atoms with Crippen LogP contribution in [0.3, 0.4) is 0 Å². The van der Waals surface area contributed by atoms with E-state index in [1.54, 1.807) is 32.9 Å². The molecule has 0 aliphatic carbocycles. The van der Waals surface area contributed by atoms with Crippen molar-refractivity contribution in [2.24, 2.45) is 23.7 Å². The number of allylic oxidation sites excluding steroid dienone is 3. The smallest absolute Gasteiger partial charge is 0.326 e. The molecule has 2 aliphatic rings. The molecule has 9 atom stereocenters. The Balaban J connectivity index is 1.56. The molecule has 0 unspecified atom stereocenters. The van der Waals surface area contributed by atoms with Crippen molar-refractivity contribution in [2.75, 3.05) is 6.54 Å². The monoisotopic (exact) mass is 641 g/mol. The molecule has 2 heterocycles. The van der Waals surface area contributed by atoms with Crippen LogP contribution in [0.1, 0.15) is 78.2 Å². The maximum Gasteiger partial charge on any atom is 0.326 e. The summed E-state index contributed by atoms with van der Waals surface area (Å²) >= 11 is 0. The van der Waals surface area contributed by atoms with Crippen LogP contribution in [-0.2, 0) is 30.3 Å². The van der Waals surface area contributed by atoms with Crippen molar-refractivity contribution in [3.05, 3.63) is 60.2 Å². The van der Waals surface area contributed by atoms with Gasteiger partial charge in [0.25, 0.3) is 11.7 Å². The minimum atomic E-state index is -2.48. The third kappa shape index (κ3) is 9.21. The van der Waals surface area contributed by atoms with E-state index in [0.717, 1.165) is 17.7 Å². The third-order valence-corrected chi connectivity index (χ3v) is 9.77. The van der Waals surface area contributed by atoms with Gasteiger partial charge in [-0.1, -0.05) is 82.7 Å². The molecule has 1 aromatic carbocycles. The molecule has 0 aromatic heterocycles. The van der Waals surface area contributed by atoms with Crippen LogP contribution in [0.4, 0.5) is 0 Å². The molecule has 1 amide bonds. The zero-order chi connectivity index (χ0) is 34.0. The Morgan fingerprint density at radius 2 is 1.74 bits per heavy atom. The SMILES string of the molecule is CC[C@H](Cc1ccccc1)[C@@H](O)/C=C/C/C=C/C(=O)[C@@H](C)[C@H](O)[C@@H](C)[C@@H]1CC[C@@H](C)[C@](O)(C(=O)C(=O)N2CCCC[C@H]2C(=O)O)O1. The predicted octanol–water partition coefficient (Wildman–Crippen LogP) is 3.86. The van der Waals surface area contributed by atoms with Gasteiger partial charge >= 0.3 is 5.97 Å². The number of carboxylic acids is 1. The maximum atomic E-state index is 13.3. The molecule has 2 fully saturated rings. The van der Waals surface area contributed by atoms with Gasteiger partial charge in [0.15, 0.2) is 5.78 Å². The second kappa shape index (κ2) is 17.1. The molecule has 46 heavy (non-hydrogen) atoms. The van der Waals surface area contributed by atoms with Crippen molar-refractivity contribution in [3.63, 3.8) is 0 Å². The molecule has 0 saturated carbocycles. The first kappa shape index (κ1) is 37.3. The molecule has 254 valence electrons. The number of nitrogens with zero attached hydrogens (tertiary/aromatic N) is 1. The number of hydrogen-bond donors (Lipinski definition) is 4. The molecule has 2 aliphatic heterocycles. The van der Waals surface area contributed by atoms with Crippen LogP contribution in [-0.4, -0.2) is 85.5 Å². The van der Waals surface area contributed by atoms with Crippen LogP contribution in [0.5, 0.6) is 0 Å². The third-order valence-electron chi connectivity index (χ3n) is 9.77. The second-order valence-corrected chi connectivity index (χ2v) is 13.0. The Labute approximate surface area is 272 Å². The number of Topliss-reactive ketones (excluding diaryl/α,β-unsaturated/α-hetero) is 1. The van der Waals surface area contributed by atoms with Crippen LogP contribution in [0.2, 0.25) is 0 Å². The van der Waals surface area contributed by atoms with Gasteiger partial charge in [0, 0.05) is 24.3 Å². The van der Waals surface area contributed by atoms with Gasteiger partial charge in [-0.2, -0.15) is 0 Å². The second-order valence-electron chi connectivity index (χ2n) is 13.0. The summed E-state index contributed by atoms with van der Waals surface area (Å²) in [7, 11) is 0. The highest BCUT2D eigenvalue weighted by molar-refractivity contribution is 6.39. The van der Waals surface area contributed by atoms with Crippen molar-refractivity contribution < 1.29 is 44.3 Å². The van der Waals surface area contributed by atoms with Crippen LogP contribution in [0.25, 0.3) is 0 Å². The number of rotatable bonds is 15. The van der Waals surface area contributed by atoms with Crippen LogP contribution in [0.15, 0.2) is 54.6 Å². The Morgan fingerprint density at radius 1 is 1.04 bits per heavy atom. The highest BCUT2D eigenvalue weighted by Crippen LogP contribution is 2.38. The predicted molar refractivity (Wildman–Crippen MR) is 172 cm³/mol. The van der Waals surface area contributed by atoms with Crippen molar-refractivity contribution in [1.82, 2.24) is 4.90 Å². The minimum Gasteiger partial charge on any atom is -0.480 e. The average molecular weight is 642 g/mol. The van der Waals surface area contributed by atoms with Gasteiger partial charge in [0.2, 0.25) is 5.79 Å². The van der Waals surface area contributed by atoms with Crippen LogP contribution in [0, 0.1) is 23.7 Å². The fraction of sp³-hybridized carbons (Fsp3) is 0.611. The van der Waals surface area contributed by atoms with E-state index < -0.39 is 65.6 Å².